The fourth-order valence-electron chi connectivity index (χ4n) is 2.75. The van der Waals surface area contributed by atoms with E-state index in [1.54, 1.807) is 12.1 Å². The summed E-state index contributed by atoms with van der Waals surface area (Å²) < 4.78 is 10.8. The largest absolute Gasteiger partial charge is 0.458 e. The van der Waals surface area contributed by atoms with Crippen LogP contribution in [-0.4, -0.2) is 12.0 Å². The zero-order chi connectivity index (χ0) is 18.5. The molecule has 132 valence electrons. The Morgan fingerprint density at radius 1 is 1.00 bits per heavy atom. The third-order valence-corrected chi connectivity index (χ3v) is 3.84. The van der Waals surface area contributed by atoms with E-state index in [2.05, 4.69) is 5.43 Å². The van der Waals surface area contributed by atoms with Crippen LogP contribution in [0.2, 0.25) is 0 Å². The Kier molecular flexibility index (Phi) is 5.00. The van der Waals surface area contributed by atoms with Crippen molar-refractivity contribution in [2.45, 2.75) is 6.10 Å². The number of ether oxygens (including phenoxy) is 1. The maximum absolute atomic E-state index is 12.1. The number of hydrazine groups is 1. The summed E-state index contributed by atoms with van der Waals surface area (Å²) in [6.07, 6.45) is -0.413. The van der Waals surface area contributed by atoms with Crippen LogP contribution in [0.15, 0.2) is 71.3 Å². The van der Waals surface area contributed by atoms with Gasteiger partial charge in [0, 0.05) is 11.1 Å². The highest BCUT2D eigenvalue weighted by molar-refractivity contribution is 5.99. The minimum atomic E-state index is -0.941. The first-order valence-electron chi connectivity index (χ1n) is 7.80. The van der Waals surface area contributed by atoms with Crippen molar-refractivity contribution >= 4 is 12.0 Å². The first-order valence-corrected chi connectivity index (χ1v) is 7.80. The lowest BCUT2D eigenvalue weighted by Crippen LogP contribution is -2.30. The highest BCUT2D eigenvalue weighted by Gasteiger charge is 2.29. The number of hydrogen-bond donors (Lipinski definition) is 3. The van der Waals surface area contributed by atoms with Gasteiger partial charge in [-0.3, -0.25) is 10.2 Å². The molecule has 3 rings (SSSR count). The molecule has 0 bridgehead atoms. The summed E-state index contributed by atoms with van der Waals surface area (Å²) in [6.45, 7) is 0. The van der Waals surface area contributed by atoms with Gasteiger partial charge in [0.25, 0.3) is 0 Å². The van der Waals surface area contributed by atoms with Crippen molar-refractivity contribution in [3.63, 3.8) is 0 Å². The number of hydrogen-bond acceptors (Lipinski definition) is 5. The first-order chi connectivity index (χ1) is 12.6. The van der Waals surface area contributed by atoms with Crippen molar-refractivity contribution in [3.05, 3.63) is 83.8 Å². The Bertz CT molecular complexity index is 907. The van der Waals surface area contributed by atoms with Gasteiger partial charge in [-0.25, -0.2) is 10.6 Å². The van der Waals surface area contributed by atoms with E-state index >= 15 is 0 Å². The molecule has 1 atom stereocenters. The average Bonchev–Trinajstić information content (AvgIpc) is 3.11. The first kappa shape index (κ1) is 17.2. The summed E-state index contributed by atoms with van der Waals surface area (Å²) in [7, 11) is 0. The van der Waals surface area contributed by atoms with Crippen molar-refractivity contribution in [2.24, 2.45) is 11.6 Å². The molecule has 0 radical (unpaired) electrons. The van der Waals surface area contributed by atoms with Gasteiger partial charge in [-0.2, -0.15) is 0 Å². The maximum atomic E-state index is 12.1. The van der Waals surface area contributed by atoms with Crippen LogP contribution in [0.5, 0.6) is 0 Å². The van der Waals surface area contributed by atoms with E-state index in [1.807, 2.05) is 48.5 Å². The number of nitrogens with two attached hydrogens (primary N) is 2. The lowest BCUT2D eigenvalue weighted by atomic mass is 9.94. The maximum Gasteiger partial charge on any atom is 0.405 e. The van der Waals surface area contributed by atoms with Crippen molar-refractivity contribution in [2.75, 3.05) is 0 Å². The summed E-state index contributed by atoms with van der Waals surface area (Å²) in [4.78, 5) is 23.6. The molecular formula is C19H17N3O4. The molecule has 26 heavy (non-hydrogen) atoms. The molecule has 1 aromatic heterocycles. The fourth-order valence-corrected chi connectivity index (χ4v) is 2.75. The summed E-state index contributed by atoms with van der Waals surface area (Å²) in [5, 5.41) is 0. The molecule has 7 heteroatoms. The number of primary amides is 1. The van der Waals surface area contributed by atoms with Crippen LogP contribution in [0.3, 0.4) is 0 Å². The number of furan rings is 1. The minimum absolute atomic E-state index is 0.0164. The molecule has 0 spiro atoms. The highest BCUT2D eigenvalue weighted by atomic mass is 16.6. The van der Waals surface area contributed by atoms with E-state index in [-0.39, 0.29) is 5.76 Å². The molecule has 0 aliphatic rings. The Balaban J connectivity index is 2.20. The molecule has 1 unspecified atom stereocenters. The van der Waals surface area contributed by atoms with Crippen LogP contribution in [0, 0.1) is 0 Å². The Morgan fingerprint density at radius 2 is 1.62 bits per heavy atom. The van der Waals surface area contributed by atoms with Crippen LogP contribution >= 0.6 is 0 Å². The Labute approximate surface area is 149 Å². The van der Waals surface area contributed by atoms with Gasteiger partial charge in [0.2, 0.25) is 5.76 Å². The molecule has 7 nitrogen and oxygen atoms in total. The molecular weight excluding hydrogens is 334 g/mol. The molecule has 2 aromatic carbocycles. The van der Waals surface area contributed by atoms with Crippen molar-refractivity contribution in [1.82, 2.24) is 5.43 Å². The summed E-state index contributed by atoms with van der Waals surface area (Å²) in [5.41, 5.74) is 9.68. The quantitative estimate of drug-likeness (QED) is 0.371. The molecule has 1 heterocycles. The number of nitrogen functional groups attached to an aromatic ring is 1. The van der Waals surface area contributed by atoms with Crippen LogP contribution in [0.25, 0.3) is 11.1 Å². The normalized spacial score (nSPS) is 11.6. The number of rotatable bonds is 5. The van der Waals surface area contributed by atoms with Gasteiger partial charge in [0.15, 0.2) is 6.10 Å². The van der Waals surface area contributed by atoms with Crippen molar-refractivity contribution < 1.29 is 18.7 Å². The third kappa shape index (κ3) is 3.42. The zero-order valence-corrected chi connectivity index (χ0v) is 13.7. The number of benzene rings is 2. The topological polar surface area (TPSA) is 121 Å². The molecule has 2 amide bonds. The van der Waals surface area contributed by atoms with E-state index in [4.69, 9.17) is 20.7 Å². The second-order valence-corrected chi connectivity index (χ2v) is 5.46. The zero-order valence-electron chi connectivity index (χ0n) is 13.7. The fraction of sp³-hybridized carbons (Fsp3) is 0.0526. The molecule has 0 aliphatic carbocycles. The summed E-state index contributed by atoms with van der Waals surface area (Å²) in [5.74, 6) is 4.68. The molecule has 5 N–H and O–H groups in total. The predicted octanol–water partition coefficient (Wildman–Crippen LogP) is 2.73. The number of carbonyl (C=O) groups excluding carboxylic acids is 2. The minimum Gasteiger partial charge on any atom is -0.458 e. The second-order valence-electron chi connectivity index (χ2n) is 5.46. The van der Waals surface area contributed by atoms with E-state index in [9.17, 15) is 9.59 Å². The number of nitrogens with one attached hydrogen (secondary N) is 1. The smallest absolute Gasteiger partial charge is 0.405 e. The average molecular weight is 351 g/mol. The van der Waals surface area contributed by atoms with E-state index in [0.29, 0.717) is 22.3 Å². The monoisotopic (exact) mass is 351 g/mol. The summed E-state index contributed by atoms with van der Waals surface area (Å²) in [6, 6.07) is 18.2. The molecule has 0 aliphatic heterocycles. The number of carbonyl (C=O) groups is 2. The van der Waals surface area contributed by atoms with Crippen LogP contribution in [0.1, 0.15) is 27.8 Å². The van der Waals surface area contributed by atoms with Gasteiger partial charge in [0.05, 0.1) is 6.26 Å². The Morgan fingerprint density at radius 3 is 2.19 bits per heavy atom. The van der Waals surface area contributed by atoms with Gasteiger partial charge >= 0.3 is 12.0 Å². The van der Waals surface area contributed by atoms with Gasteiger partial charge in [-0.05, 0) is 11.1 Å². The molecule has 0 saturated carbocycles. The van der Waals surface area contributed by atoms with Gasteiger partial charge in [-0.15, -0.1) is 0 Å². The van der Waals surface area contributed by atoms with Crippen molar-refractivity contribution in [3.8, 4) is 11.1 Å². The Hall–Kier alpha value is -3.58. The third-order valence-electron chi connectivity index (χ3n) is 3.84. The molecule has 0 fully saturated rings. The van der Waals surface area contributed by atoms with Crippen LogP contribution in [0.4, 0.5) is 4.79 Å². The lowest BCUT2D eigenvalue weighted by Gasteiger charge is -2.17. The van der Waals surface area contributed by atoms with E-state index in [1.165, 1.54) is 6.26 Å². The van der Waals surface area contributed by atoms with Crippen LogP contribution < -0.4 is 17.0 Å². The van der Waals surface area contributed by atoms with Crippen molar-refractivity contribution in [1.29, 1.82) is 0 Å². The van der Waals surface area contributed by atoms with Crippen LogP contribution in [-0.2, 0) is 4.74 Å². The SMILES string of the molecule is NNC(=O)c1occ(C(OC(N)=O)c2ccccc2)c1-c1ccccc1. The van der Waals surface area contributed by atoms with E-state index < -0.39 is 18.1 Å². The summed E-state index contributed by atoms with van der Waals surface area (Å²) >= 11 is 0. The standard InChI is InChI=1S/C19H17N3O4/c20-19(24)26-16(13-9-5-2-6-10-13)14-11-25-17(18(23)22-21)15(14)12-7-3-1-4-8-12/h1-11,16H,21H2,(H2,20,24)(H,22,23). The highest BCUT2D eigenvalue weighted by Crippen LogP contribution is 2.38. The molecule has 0 saturated heterocycles. The number of amides is 2. The van der Waals surface area contributed by atoms with Gasteiger partial charge in [0.1, 0.15) is 0 Å². The second kappa shape index (κ2) is 7.54. The molecule has 3 aromatic rings. The van der Waals surface area contributed by atoms with Gasteiger partial charge in [-0.1, -0.05) is 60.7 Å². The van der Waals surface area contributed by atoms with E-state index in [0.717, 1.165) is 0 Å². The van der Waals surface area contributed by atoms with Gasteiger partial charge < -0.3 is 14.9 Å². The lowest BCUT2D eigenvalue weighted by molar-refractivity contribution is 0.0926. The predicted molar refractivity (Wildman–Crippen MR) is 94.8 cm³/mol.